The molecule has 3 aliphatic rings. The Morgan fingerprint density at radius 3 is 2.43 bits per heavy atom. The average molecular weight is 429 g/mol. The minimum atomic E-state index is -1.35. The summed E-state index contributed by atoms with van der Waals surface area (Å²) in [6.07, 6.45) is 4.32. The molecule has 1 aliphatic carbocycles. The fourth-order valence-corrected chi connectivity index (χ4v) is 5.04. The number of aliphatic carboxylic acids is 1. The molecule has 5 N–H and O–H groups in total. The van der Waals surface area contributed by atoms with Crippen LogP contribution in [0.1, 0.15) is 44.1 Å². The third-order valence-electron chi connectivity index (χ3n) is 6.37. The molecule has 6 nitrogen and oxygen atoms in total. The van der Waals surface area contributed by atoms with Gasteiger partial charge in [0, 0.05) is 18.6 Å². The Morgan fingerprint density at radius 1 is 1.18 bits per heavy atom. The summed E-state index contributed by atoms with van der Waals surface area (Å²) < 4.78 is 0. The van der Waals surface area contributed by atoms with Gasteiger partial charge in [-0.15, -0.1) is 0 Å². The van der Waals surface area contributed by atoms with Gasteiger partial charge >= 0.3 is 13.1 Å². The van der Waals surface area contributed by atoms with E-state index in [0.29, 0.717) is 41.4 Å². The first-order valence-electron chi connectivity index (χ1n) is 9.78. The zero-order chi connectivity index (χ0) is 20.5. The number of unbranched alkanes of at least 4 members (excludes halogenated alkanes) is 1. The van der Waals surface area contributed by atoms with Crippen molar-refractivity contribution in [2.45, 2.75) is 69.0 Å². The van der Waals surface area contributed by atoms with Gasteiger partial charge in [0.15, 0.2) is 0 Å². The smallest absolute Gasteiger partial charge is 0.451 e. The first-order valence-corrected chi connectivity index (χ1v) is 10.5. The van der Waals surface area contributed by atoms with Gasteiger partial charge in [0.1, 0.15) is 5.54 Å². The van der Waals surface area contributed by atoms with E-state index >= 15 is 0 Å². The van der Waals surface area contributed by atoms with Gasteiger partial charge in [0.2, 0.25) is 0 Å². The maximum atomic E-state index is 11.9. The Labute approximate surface area is 175 Å². The maximum absolute atomic E-state index is 11.9. The lowest BCUT2D eigenvalue weighted by molar-refractivity contribution is -0.151. The number of hydrogen-bond donors (Lipinski definition) is 4. The molecule has 3 fully saturated rings. The topological polar surface area (TPSA) is 107 Å². The van der Waals surface area contributed by atoms with Crippen LogP contribution in [0.15, 0.2) is 18.2 Å². The normalized spacial score (nSPS) is 26.4. The van der Waals surface area contributed by atoms with Gasteiger partial charge in [-0.3, -0.25) is 9.69 Å². The molecular weight excluding hydrogens is 402 g/mol. The van der Waals surface area contributed by atoms with Crippen LogP contribution in [-0.2, 0) is 11.3 Å². The van der Waals surface area contributed by atoms with Crippen LogP contribution < -0.4 is 5.73 Å². The molecule has 0 spiro atoms. The molecule has 3 unspecified atom stereocenters. The highest BCUT2D eigenvalue weighted by Crippen LogP contribution is 2.46. The third kappa shape index (κ3) is 4.66. The van der Waals surface area contributed by atoms with Crippen molar-refractivity contribution >= 4 is 36.3 Å². The molecule has 0 amide bonds. The lowest BCUT2D eigenvalue weighted by Gasteiger charge is -2.57. The van der Waals surface area contributed by atoms with E-state index in [1.165, 1.54) is 0 Å². The van der Waals surface area contributed by atoms with Crippen molar-refractivity contribution in [2.24, 2.45) is 11.7 Å². The standard InChI is InChI=1S/C19H27BCl2N2O4/c21-16-4-3-12(7-17(16)22)11-24-14-8-13(9-15(24)10-14)19(23,18(25)26)5-1-2-6-20(27)28/h3-4,7,13-15,27-28H,1-2,5-6,8-11,23H2,(H,25,26). The Hall–Kier alpha value is -0.825. The summed E-state index contributed by atoms with van der Waals surface area (Å²) in [5.74, 6) is -1.03. The Morgan fingerprint density at radius 2 is 1.86 bits per heavy atom. The molecule has 3 atom stereocenters. The SMILES string of the molecule is NC(CCCCB(O)O)(C(=O)O)C1CC2CC(C1)N2Cc1ccc(Cl)c(Cl)c1. The zero-order valence-corrected chi connectivity index (χ0v) is 17.2. The Bertz CT molecular complexity index is 711. The van der Waals surface area contributed by atoms with Crippen molar-refractivity contribution in [3.63, 3.8) is 0 Å². The second-order valence-electron chi connectivity index (χ2n) is 8.20. The summed E-state index contributed by atoms with van der Waals surface area (Å²) in [5, 5.41) is 28.8. The van der Waals surface area contributed by atoms with Crippen LogP contribution in [0.2, 0.25) is 16.4 Å². The molecule has 154 valence electrons. The van der Waals surface area contributed by atoms with E-state index in [2.05, 4.69) is 4.90 Å². The molecule has 0 aromatic heterocycles. The highest BCUT2D eigenvalue weighted by molar-refractivity contribution is 6.42. The van der Waals surface area contributed by atoms with Crippen molar-refractivity contribution in [3.8, 4) is 0 Å². The molecule has 0 radical (unpaired) electrons. The van der Waals surface area contributed by atoms with Crippen molar-refractivity contribution in [1.82, 2.24) is 4.90 Å². The molecule has 2 saturated heterocycles. The van der Waals surface area contributed by atoms with Crippen molar-refractivity contribution in [3.05, 3.63) is 33.8 Å². The van der Waals surface area contributed by atoms with Crippen molar-refractivity contribution in [1.29, 1.82) is 0 Å². The minimum absolute atomic E-state index is 0.0714. The number of hydrogen-bond acceptors (Lipinski definition) is 5. The molecule has 1 aromatic carbocycles. The predicted molar refractivity (Wildman–Crippen MR) is 110 cm³/mol. The van der Waals surface area contributed by atoms with Crippen LogP contribution in [0.25, 0.3) is 0 Å². The van der Waals surface area contributed by atoms with Gasteiger partial charge in [0.05, 0.1) is 10.0 Å². The highest BCUT2D eigenvalue weighted by atomic mass is 35.5. The maximum Gasteiger partial charge on any atom is 0.451 e. The Balaban J connectivity index is 1.59. The second kappa shape index (κ2) is 8.90. The lowest BCUT2D eigenvalue weighted by atomic mass is 9.64. The number of benzene rings is 1. The quantitative estimate of drug-likeness (QED) is 0.356. The first kappa shape index (κ1) is 21.9. The number of nitrogens with zero attached hydrogens (tertiary/aromatic N) is 1. The summed E-state index contributed by atoms with van der Waals surface area (Å²) in [5.41, 5.74) is 6.22. The summed E-state index contributed by atoms with van der Waals surface area (Å²) >= 11 is 12.1. The predicted octanol–water partition coefficient (Wildman–Crippen LogP) is 2.77. The Kier molecular flexibility index (Phi) is 6.95. The van der Waals surface area contributed by atoms with E-state index in [-0.39, 0.29) is 12.2 Å². The summed E-state index contributed by atoms with van der Waals surface area (Å²) in [6, 6.07) is 6.32. The monoisotopic (exact) mass is 428 g/mol. The van der Waals surface area contributed by atoms with E-state index in [0.717, 1.165) is 31.4 Å². The molecule has 1 aromatic rings. The largest absolute Gasteiger partial charge is 0.480 e. The van der Waals surface area contributed by atoms with Gasteiger partial charge in [0.25, 0.3) is 0 Å². The number of halogens is 2. The number of carboxylic acids is 1. The van der Waals surface area contributed by atoms with Crippen LogP contribution in [0.4, 0.5) is 0 Å². The average Bonchev–Trinajstić information content (AvgIpc) is 2.65. The second-order valence-corrected chi connectivity index (χ2v) is 9.02. The van der Waals surface area contributed by atoms with E-state index in [4.69, 9.17) is 39.0 Å². The van der Waals surface area contributed by atoms with E-state index in [1.54, 1.807) is 6.07 Å². The fraction of sp³-hybridized carbons (Fsp3) is 0.632. The summed E-state index contributed by atoms with van der Waals surface area (Å²) in [7, 11) is -1.35. The number of carbonyl (C=O) groups is 1. The van der Waals surface area contributed by atoms with Gasteiger partial charge < -0.3 is 20.9 Å². The van der Waals surface area contributed by atoms with Gasteiger partial charge in [-0.2, -0.15) is 0 Å². The van der Waals surface area contributed by atoms with Crippen LogP contribution in [0.5, 0.6) is 0 Å². The number of rotatable bonds is 9. The van der Waals surface area contributed by atoms with Crippen LogP contribution >= 0.6 is 23.2 Å². The zero-order valence-electron chi connectivity index (χ0n) is 15.7. The third-order valence-corrected chi connectivity index (χ3v) is 7.11. The van der Waals surface area contributed by atoms with E-state index < -0.39 is 18.6 Å². The van der Waals surface area contributed by atoms with E-state index in [9.17, 15) is 9.90 Å². The van der Waals surface area contributed by atoms with E-state index in [1.807, 2.05) is 12.1 Å². The van der Waals surface area contributed by atoms with Crippen molar-refractivity contribution < 1.29 is 19.9 Å². The lowest BCUT2D eigenvalue weighted by Crippen LogP contribution is -2.66. The molecule has 4 rings (SSSR count). The molecule has 2 bridgehead atoms. The molecule has 1 saturated carbocycles. The van der Waals surface area contributed by atoms with Gasteiger partial charge in [-0.1, -0.05) is 42.1 Å². The minimum Gasteiger partial charge on any atom is -0.480 e. The number of fused-ring (bicyclic) bond motifs is 2. The molecule has 28 heavy (non-hydrogen) atoms. The fourth-order valence-electron chi connectivity index (χ4n) is 4.72. The number of carboxylic acid groups (broad SMARTS) is 1. The molecule has 2 aliphatic heterocycles. The van der Waals surface area contributed by atoms with Crippen LogP contribution in [0, 0.1) is 5.92 Å². The van der Waals surface area contributed by atoms with Crippen molar-refractivity contribution in [2.75, 3.05) is 0 Å². The van der Waals surface area contributed by atoms with Gasteiger partial charge in [-0.25, -0.2) is 0 Å². The van der Waals surface area contributed by atoms with Gasteiger partial charge in [-0.05, 0) is 55.6 Å². The number of nitrogens with two attached hydrogens (primary N) is 1. The molecule has 9 heteroatoms. The molecular formula is C19H27BCl2N2O4. The number of piperidine rings is 1. The highest BCUT2D eigenvalue weighted by Gasteiger charge is 2.52. The summed E-state index contributed by atoms with van der Waals surface area (Å²) in [6.45, 7) is 0.776. The molecule has 2 heterocycles. The van der Waals surface area contributed by atoms with Crippen LogP contribution in [0.3, 0.4) is 0 Å². The first-order chi connectivity index (χ1) is 13.2. The summed E-state index contributed by atoms with van der Waals surface area (Å²) in [4.78, 5) is 14.4. The van der Waals surface area contributed by atoms with Crippen LogP contribution in [-0.4, -0.2) is 50.8 Å².